The van der Waals surface area contributed by atoms with Gasteiger partial charge in [-0.05, 0) is 19.8 Å². The zero-order chi connectivity index (χ0) is 13.2. The fraction of sp³-hybridized carbons (Fsp3) is 0.929. The molecule has 0 spiro atoms. The molecule has 0 amide bonds. The van der Waals surface area contributed by atoms with Crippen molar-refractivity contribution in [1.82, 2.24) is 10.2 Å². The minimum Gasteiger partial charge on any atom is -0.381 e. The number of unbranched alkanes of at least 4 members (excludes halogenated alkanes) is 2. The maximum atomic E-state index is 5.42. The third kappa shape index (κ3) is 5.71. The van der Waals surface area contributed by atoms with Crippen molar-refractivity contribution in [3.8, 4) is 0 Å². The number of aliphatic imine (C=N–C) groups is 1. The standard InChI is InChI=1S/C14H29N3O/c1-4-6-7-9-16-14(15-5-2)17(3)11-13-8-10-18-12-13/h13H,4-12H2,1-3H3,(H,15,16). The molecule has 0 aromatic carbocycles. The van der Waals surface area contributed by atoms with Gasteiger partial charge in [-0.25, -0.2) is 0 Å². The molecule has 18 heavy (non-hydrogen) atoms. The molecule has 106 valence electrons. The molecule has 0 aromatic heterocycles. The number of hydrogen-bond donors (Lipinski definition) is 1. The van der Waals surface area contributed by atoms with E-state index in [4.69, 9.17) is 4.74 Å². The van der Waals surface area contributed by atoms with Gasteiger partial charge in [0.05, 0.1) is 6.61 Å². The highest BCUT2D eigenvalue weighted by Crippen LogP contribution is 2.13. The van der Waals surface area contributed by atoms with Gasteiger partial charge in [0.2, 0.25) is 0 Å². The average molecular weight is 255 g/mol. The SMILES string of the molecule is CCCCCN=C(NCC)N(C)CC1CCOC1. The van der Waals surface area contributed by atoms with Crippen LogP contribution in [0.25, 0.3) is 0 Å². The van der Waals surface area contributed by atoms with Gasteiger partial charge in [-0.2, -0.15) is 0 Å². The molecule has 0 aromatic rings. The summed E-state index contributed by atoms with van der Waals surface area (Å²) in [6.45, 7) is 9.07. The van der Waals surface area contributed by atoms with E-state index < -0.39 is 0 Å². The Kier molecular flexibility index (Phi) is 7.81. The van der Waals surface area contributed by atoms with Crippen LogP contribution in [0.2, 0.25) is 0 Å². The van der Waals surface area contributed by atoms with Crippen molar-refractivity contribution in [3.63, 3.8) is 0 Å². The van der Waals surface area contributed by atoms with Gasteiger partial charge in [-0.1, -0.05) is 19.8 Å². The molecule has 1 rings (SSSR count). The Bertz CT molecular complexity index is 237. The largest absolute Gasteiger partial charge is 0.381 e. The van der Waals surface area contributed by atoms with E-state index in [1.165, 1.54) is 25.7 Å². The molecular weight excluding hydrogens is 226 g/mol. The van der Waals surface area contributed by atoms with Gasteiger partial charge in [0.25, 0.3) is 0 Å². The van der Waals surface area contributed by atoms with Gasteiger partial charge in [-0.15, -0.1) is 0 Å². The highest BCUT2D eigenvalue weighted by Gasteiger charge is 2.18. The van der Waals surface area contributed by atoms with Gasteiger partial charge in [0.1, 0.15) is 0 Å². The van der Waals surface area contributed by atoms with Crippen LogP contribution in [0.1, 0.15) is 39.5 Å². The number of rotatable bonds is 7. The summed E-state index contributed by atoms with van der Waals surface area (Å²) in [6.07, 6.45) is 4.88. The van der Waals surface area contributed by atoms with E-state index in [2.05, 4.69) is 36.1 Å². The maximum Gasteiger partial charge on any atom is 0.193 e. The first kappa shape index (κ1) is 15.3. The Balaban J connectivity index is 2.37. The smallest absolute Gasteiger partial charge is 0.193 e. The van der Waals surface area contributed by atoms with Crippen molar-refractivity contribution in [3.05, 3.63) is 0 Å². The zero-order valence-corrected chi connectivity index (χ0v) is 12.2. The van der Waals surface area contributed by atoms with E-state index in [0.717, 1.165) is 38.8 Å². The fourth-order valence-electron chi connectivity index (χ4n) is 2.22. The third-order valence-electron chi connectivity index (χ3n) is 3.28. The van der Waals surface area contributed by atoms with Gasteiger partial charge < -0.3 is 15.0 Å². The van der Waals surface area contributed by atoms with Crippen LogP contribution in [0.3, 0.4) is 0 Å². The lowest BCUT2D eigenvalue weighted by molar-refractivity contribution is 0.181. The van der Waals surface area contributed by atoms with Crippen molar-refractivity contribution in [2.24, 2.45) is 10.9 Å². The molecule has 1 aliphatic heterocycles. The molecule has 1 atom stereocenters. The minimum absolute atomic E-state index is 0.662. The second-order valence-corrected chi connectivity index (χ2v) is 5.05. The molecule has 4 nitrogen and oxygen atoms in total. The molecule has 0 aliphatic carbocycles. The van der Waals surface area contributed by atoms with Crippen LogP contribution < -0.4 is 5.32 Å². The van der Waals surface area contributed by atoms with Gasteiger partial charge >= 0.3 is 0 Å². The highest BCUT2D eigenvalue weighted by molar-refractivity contribution is 5.79. The van der Waals surface area contributed by atoms with Crippen molar-refractivity contribution in [2.75, 3.05) is 39.9 Å². The van der Waals surface area contributed by atoms with E-state index in [1.807, 2.05) is 0 Å². The summed E-state index contributed by atoms with van der Waals surface area (Å²) in [5.74, 6) is 1.70. The Labute approximate surface area is 112 Å². The van der Waals surface area contributed by atoms with E-state index in [-0.39, 0.29) is 0 Å². The molecule has 1 N–H and O–H groups in total. The molecule has 1 aliphatic rings. The van der Waals surface area contributed by atoms with E-state index >= 15 is 0 Å². The van der Waals surface area contributed by atoms with Crippen LogP contribution in [0, 0.1) is 5.92 Å². The van der Waals surface area contributed by atoms with Gasteiger partial charge in [0.15, 0.2) is 5.96 Å². The number of nitrogens with zero attached hydrogens (tertiary/aromatic N) is 2. The van der Waals surface area contributed by atoms with Crippen LogP contribution in [0.15, 0.2) is 4.99 Å². The summed E-state index contributed by atoms with van der Waals surface area (Å²) in [7, 11) is 2.12. The second-order valence-electron chi connectivity index (χ2n) is 5.05. The van der Waals surface area contributed by atoms with Crippen molar-refractivity contribution in [1.29, 1.82) is 0 Å². The normalized spacial score (nSPS) is 20.2. The number of guanidine groups is 1. The average Bonchev–Trinajstić information content (AvgIpc) is 2.86. The molecule has 4 heteroatoms. The summed E-state index contributed by atoms with van der Waals surface area (Å²) >= 11 is 0. The number of nitrogens with one attached hydrogen (secondary N) is 1. The first-order valence-electron chi connectivity index (χ1n) is 7.35. The second kappa shape index (κ2) is 9.20. The molecule has 1 unspecified atom stereocenters. The van der Waals surface area contributed by atoms with E-state index in [9.17, 15) is 0 Å². The quantitative estimate of drug-likeness (QED) is 0.430. The first-order chi connectivity index (χ1) is 8.77. The summed E-state index contributed by atoms with van der Waals surface area (Å²) < 4.78 is 5.42. The van der Waals surface area contributed by atoms with E-state index in [1.54, 1.807) is 0 Å². The topological polar surface area (TPSA) is 36.9 Å². The van der Waals surface area contributed by atoms with Crippen molar-refractivity contribution >= 4 is 5.96 Å². The molecule has 1 fully saturated rings. The van der Waals surface area contributed by atoms with Crippen LogP contribution in [-0.4, -0.2) is 50.8 Å². The molecule has 0 saturated carbocycles. The Morgan fingerprint density at radius 3 is 2.83 bits per heavy atom. The molecular formula is C14H29N3O. The number of hydrogen-bond acceptors (Lipinski definition) is 2. The minimum atomic E-state index is 0.662. The van der Waals surface area contributed by atoms with Crippen LogP contribution in [0.4, 0.5) is 0 Å². The predicted octanol–water partition coefficient (Wildman–Crippen LogP) is 2.11. The number of ether oxygens (including phenoxy) is 1. The zero-order valence-electron chi connectivity index (χ0n) is 12.2. The summed E-state index contributed by atoms with van der Waals surface area (Å²) in [5, 5.41) is 3.37. The molecule has 0 bridgehead atoms. The summed E-state index contributed by atoms with van der Waals surface area (Å²) in [6, 6.07) is 0. The maximum absolute atomic E-state index is 5.42. The van der Waals surface area contributed by atoms with Crippen LogP contribution in [0.5, 0.6) is 0 Å². The van der Waals surface area contributed by atoms with Gasteiger partial charge in [-0.3, -0.25) is 4.99 Å². The lowest BCUT2D eigenvalue weighted by Crippen LogP contribution is -2.41. The summed E-state index contributed by atoms with van der Waals surface area (Å²) in [4.78, 5) is 6.93. The molecule has 1 saturated heterocycles. The third-order valence-corrected chi connectivity index (χ3v) is 3.28. The lowest BCUT2D eigenvalue weighted by atomic mass is 10.1. The van der Waals surface area contributed by atoms with Crippen molar-refractivity contribution < 1.29 is 4.74 Å². The van der Waals surface area contributed by atoms with Gasteiger partial charge in [0, 0.05) is 39.2 Å². The highest BCUT2D eigenvalue weighted by atomic mass is 16.5. The Hall–Kier alpha value is -0.770. The Morgan fingerprint density at radius 1 is 1.39 bits per heavy atom. The molecule has 0 radical (unpaired) electrons. The fourth-order valence-corrected chi connectivity index (χ4v) is 2.22. The predicted molar refractivity (Wildman–Crippen MR) is 77.1 cm³/mol. The summed E-state index contributed by atoms with van der Waals surface area (Å²) in [5.41, 5.74) is 0. The van der Waals surface area contributed by atoms with E-state index in [0.29, 0.717) is 5.92 Å². The molecule has 1 heterocycles. The Morgan fingerprint density at radius 2 is 2.22 bits per heavy atom. The van der Waals surface area contributed by atoms with Crippen LogP contribution >= 0.6 is 0 Å². The monoisotopic (exact) mass is 255 g/mol. The van der Waals surface area contributed by atoms with Crippen LogP contribution in [-0.2, 0) is 4.74 Å². The lowest BCUT2D eigenvalue weighted by Gasteiger charge is -2.24. The first-order valence-corrected chi connectivity index (χ1v) is 7.35. The van der Waals surface area contributed by atoms with Crippen molar-refractivity contribution in [2.45, 2.75) is 39.5 Å².